The van der Waals surface area contributed by atoms with Gasteiger partial charge in [-0.3, -0.25) is 5.10 Å². The van der Waals surface area contributed by atoms with Crippen LogP contribution >= 0.6 is 0 Å². The molecule has 0 radical (unpaired) electrons. The molecule has 1 rings (SSSR count). The molecule has 0 aliphatic rings. The van der Waals surface area contributed by atoms with E-state index in [0.29, 0.717) is 17.7 Å². The van der Waals surface area contributed by atoms with Crippen molar-refractivity contribution >= 4 is 5.82 Å². The van der Waals surface area contributed by atoms with E-state index in [1.54, 1.807) is 0 Å². The number of aromatic amines is 1. The summed E-state index contributed by atoms with van der Waals surface area (Å²) < 4.78 is 0. The molecule has 3 N–H and O–H groups in total. The van der Waals surface area contributed by atoms with Gasteiger partial charge >= 0.3 is 0 Å². The Kier molecular flexibility index (Phi) is 2.96. The Hall–Kier alpha value is -0.990. The van der Waals surface area contributed by atoms with Gasteiger partial charge in [0.05, 0.1) is 0 Å². The molecule has 3 heteroatoms. The summed E-state index contributed by atoms with van der Waals surface area (Å²) in [5.41, 5.74) is 8.13. The van der Waals surface area contributed by atoms with E-state index < -0.39 is 0 Å². The molecule has 0 saturated heterocycles. The van der Waals surface area contributed by atoms with E-state index in [9.17, 15) is 0 Å². The normalized spacial score (nSPS) is 13.6. The Balaban J connectivity index is 3.00. The minimum absolute atomic E-state index is 0.500. The third-order valence-electron chi connectivity index (χ3n) is 2.74. The van der Waals surface area contributed by atoms with Crippen molar-refractivity contribution in [2.24, 2.45) is 5.92 Å². The van der Waals surface area contributed by atoms with Crippen LogP contribution in [-0.2, 0) is 6.42 Å². The third kappa shape index (κ3) is 1.85. The zero-order valence-electron chi connectivity index (χ0n) is 8.89. The van der Waals surface area contributed by atoms with Crippen LogP contribution in [-0.4, -0.2) is 10.2 Å². The maximum absolute atomic E-state index is 5.75. The largest absolute Gasteiger partial charge is 0.382 e. The molecule has 1 unspecified atom stereocenters. The predicted octanol–water partition coefficient (Wildman–Crippen LogP) is 2.31. The van der Waals surface area contributed by atoms with Crippen molar-refractivity contribution in [1.29, 1.82) is 0 Å². The first-order valence-corrected chi connectivity index (χ1v) is 4.90. The molecule has 74 valence electrons. The molecule has 0 aliphatic heterocycles. The lowest BCUT2D eigenvalue weighted by molar-refractivity contribution is 0.519. The van der Waals surface area contributed by atoms with E-state index in [1.807, 2.05) is 0 Å². The summed E-state index contributed by atoms with van der Waals surface area (Å²) in [5, 5.41) is 7.07. The molecule has 0 saturated carbocycles. The van der Waals surface area contributed by atoms with E-state index >= 15 is 0 Å². The first kappa shape index (κ1) is 10.1. The predicted molar refractivity (Wildman–Crippen MR) is 55.6 cm³/mol. The molecule has 13 heavy (non-hydrogen) atoms. The van der Waals surface area contributed by atoms with E-state index in [2.05, 4.69) is 37.9 Å². The lowest BCUT2D eigenvalue weighted by Crippen LogP contribution is -2.05. The van der Waals surface area contributed by atoms with Gasteiger partial charge < -0.3 is 5.73 Å². The summed E-state index contributed by atoms with van der Waals surface area (Å²) in [4.78, 5) is 0. The van der Waals surface area contributed by atoms with E-state index in [0.717, 1.165) is 6.42 Å². The lowest BCUT2D eigenvalue weighted by atomic mass is 9.91. The van der Waals surface area contributed by atoms with Crippen LogP contribution in [0.2, 0.25) is 0 Å². The monoisotopic (exact) mass is 181 g/mol. The van der Waals surface area contributed by atoms with Crippen LogP contribution in [0.1, 0.15) is 44.9 Å². The first-order valence-electron chi connectivity index (χ1n) is 4.90. The van der Waals surface area contributed by atoms with Crippen LogP contribution in [0, 0.1) is 5.92 Å². The van der Waals surface area contributed by atoms with Gasteiger partial charge in [0.25, 0.3) is 0 Å². The Bertz CT molecular complexity index is 276. The van der Waals surface area contributed by atoms with Crippen molar-refractivity contribution in [2.75, 3.05) is 5.73 Å². The van der Waals surface area contributed by atoms with Crippen molar-refractivity contribution in [2.45, 2.75) is 40.0 Å². The first-order chi connectivity index (χ1) is 6.07. The van der Waals surface area contributed by atoms with Gasteiger partial charge in [0.15, 0.2) is 0 Å². The van der Waals surface area contributed by atoms with E-state index in [1.165, 1.54) is 11.3 Å². The maximum Gasteiger partial charge on any atom is 0.148 e. The number of hydrogen-bond acceptors (Lipinski definition) is 2. The number of anilines is 1. The molecular weight excluding hydrogens is 162 g/mol. The zero-order chi connectivity index (χ0) is 10.0. The second kappa shape index (κ2) is 3.81. The second-order valence-electron chi connectivity index (χ2n) is 3.89. The van der Waals surface area contributed by atoms with Crippen LogP contribution in [0.5, 0.6) is 0 Å². The number of H-pyrrole nitrogens is 1. The van der Waals surface area contributed by atoms with E-state index in [-0.39, 0.29) is 0 Å². The molecule has 3 nitrogen and oxygen atoms in total. The Morgan fingerprint density at radius 3 is 2.46 bits per heavy atom. The van der Waals surface area contributed by atoms with Gasteiger partial charge in [0.1, 0.15) is 5.82 Å². The maximum atomic E-state index is 5.75. The smallest absolute Gasteiger partial charge is 0.148 e. The lowest BCUT2D eigenvalue weighted by Gasteiger charge is -2.15. The van der Waals surface area contributed by atoms with Crippen LogP contribution in [0.4, 0.5) is 5.82 Å². The highest BCUT2D eigenvalue weighted by Crippen LogP contribution is 2.27. The fraction of sp³-hybridized carbons (Fsp3) is 0.700. The molecule has 1 atom stereocenters. The van der Waals surface area contributed by atoms with Crippen molar-refractivity contribution in [3.63, 3.8) is 0 Å². The van der Waals surface area contributed by atoms with Gasteiger partial charge in [-0.2, -0.15) is 5.10 Å². The SMILES string of the molecule is CCc1c(N)n[nH]c1C(C)C(C)C. The van der Waals surface area contributed by atoms with Crippen LogP contribution < -0.4 is 5.73 Å². The van der Waals surface area contributed by atoms with Gasteiger partial charge in [-0.1, -0.05) is 27.7 Å². The number of nitrogens with zero attached hydrogens (tertiary/aromatic N) is 1. The number of nitrogens with two attached hydrogens (primary N) is 1. The number of nitrogens with one attached hydrogen (secondary N) is 1. The van der Waals surface area contributed by atoms with E-state index in [4.69, 9.17) is 5.73 Å². The molecular formula is C10H19N3. The fourth-order valence-electron chi connectivity index (χ4n) is 1.47. The fourth-order valence-corrected chi connectivity index (χ4v) is 1.47. The Morgan fingerprint density at radius 2 is 2.00 bits per heavy atom. The summed E-state index contributed by atoms with van der Waals surface area (Å²) in [7, 11) is 0. The molecule has 0 aromatic carbocycles. The van der Waals surface area contributed by atoms with Gasteiger partial charge in [-0.05, 0) is 12.3 Å². The molecule has 0 bridgehead atoms. The highest BCUT2D eigenvalue weighted by Gasteiger charge is 2.17. The molecule has 0 amide bonds. The van der Waals surface area contributed by atoms with Crippen LogP contribution in [0.3, 0.4) is 0 Å². The third-order valence-corrected chi connectivity index (χ3v) is 2.74. The number of hydrogen-bond donors (Lipinski definition) is 2. The van der Waals surface area contributed by atoms with Gasteiger partial charge in [0, 0.05) is 17.2 Å². The summed E-state index contributed by atoms with van der Waals surface area (Å²) >= 11 is 0. The molecule has 1 heterocycles. The van der Waals surface area contributed by atoms with Gasteiger partial charge in [0.2, 0.25) is 0 Å². The highest BCUT2D eigenvalue weighted by molar-refractivity contribution is 5.43. The Morgan fingerprint density at radius 1 is 1.38 bits per heavy atom. The van der Waals surface area contributed by atoms with Gasteiger partial charge in [-0.15, -0.1) is 0 Å². The van der Waals surface area contributed by atoms with Crippen LogP contribution in [0.25, 0.3) is 0 Å². The summed E-state index contributed by atoms with van der Waals surface area (Å²) in [5.74, 6) is 1.77. The van der Waals surface area contributed by atoms with Crippen molar-refractivity contribution < 1.29 is 0 Å². The van der Waals surface area contributed by atoms with Crippen LogP contribution in [0.15, 0.2) is 0 Å². The number of aromatic nitrogens is 2. The van der Waals surface area contributed by atoms with Crippen molar-refractivity contribution in [3.05, 3.63) is 11.3 Å². The average Bonchev–Trinajstić information content (AvgIpc) is 2.45. The molecule has 1 aromatic heterocycles. The quantitative estimate of drug-likeness (QED) is 0.751. The molecule has 0 aliphatic carbocycles. The highest BCUT2D eigenvalue weighted by atomic mass is 15.2. The molecule has 0 fully saturated rings. The average molecular weight is 181 g/mol. The minimum Gasteiger partial charge on any atom is -0.382 e. The Labute approximate surface area is 79.7 Å². The minimum atomic E-state index is 0.500. The molecule has 1 aromatic rings. The van der Waals surface area contributed by atoms with Crippen molar-refractivity contribution in [3.8, 4) is 0 Å². The molecule has 0 spiro atoms. The summed E-state index contributed by atoms with van der Waals surface area (Å²) in [6, 6.07) is 0. The number of rotatable bonds is 3. The zero-order valence-corrected chi connectivity index (χ0v) is 8.89. The van der Waals surface area contributed by atoms with Crippen molar-refractivity contribution in [1.82, 2.24) is 10.2 Å². The summed E-state index contributed by atoms with van der Waals surface area (Å²) in [6.07, 6.45) is 0.953. The standard InChI is InChI=1S/C10H19N3/c1-5-8-9(7(4)6(2)3)12-13-10(8)11/h6-7H,5H2,1-4H3,(H3,11,12,13). The topological polar surface area (TPSA) is 54.7 Å². The number of nitrogen functional groups attached to an aromatic ring is 1. The second-order valence-corrected chi connectivity index (χ2v) is 3.89. The summed E-state index contributed by atoms with van der Waals surface area (Å²) in [6.45, 7) is 8.73. The van der Waals surface area contributed by atoms with Gasteiger partial charge in [-0.25, -0.2) is 0 Å².